The minimum atomic E-state index is -4.72. The lowest BCUT2D eigenvalue weighted by atomic mass is 10.2. The van der Waals surface area contributed by atoms with Crippen LogP contribution in [0.15, 0.2) is 24.3 Å². The highest BCUT2D eigenvalue weighted by molar-refractivity contribution is 7.71. The first-order valence-electron chi connectivity index (χ1n) is 7.09. The van der Waals surface area contributed by atoms with Crippen molar-refractivity contribution >= 4 is 17.9 Å². The maximum absolute atomic E-state index is 13.1. The van der Waals surface area contributed by atoms with E-state index in [2.05, 4.69) is 5.10 Å². The summed E-state index contributed by atoms with van der Waals surface area (Å²) in [5.74, 6) is -1.20. The van der Waals surface area contributed by atoms with Crippen LogP contribution in [0.25, 0.3) is 5.69 Å². The quantitative estimate of drug-likeness (QED) is 0.579. The number of hydrogen-bond donors (Lipinski definition) is 0. The molecule has 0 fully saturated rings. The molecule has 2 aromatic rings. The molecule has 0 aliphatic heterocycles. The lowest BCUT2D eigenvalue weighted by Crippen LogP contribution is -2.34. The van der Waals surface area contributed by atoms with E-state index in [1.807, 2.05) is 0 Å². The summed E-state index contributed by atoms with van der Waals surface area (Å²) in [4.78, 5) is 1.07. The van der Waals surface area contributed by atoms with Gasteiger partial charge < -0.3 is 4.90 Å². The third-order valence-corrected chi connectivity index (χ3v) is 3.85. The van der Waals surface area contributed by atoms with Gasteiger partial charge in [0.1, 0.15) is 6.54 Å². The Morgan fingerprint density at radius 1 is 1.08 bits per heavy atom. The van der Waals surface area contributed by atoms with Gasteiger partial charge in [0.25, 0.3) is 0 Å². The Morgan fingerprint density at radius 2 is 1.64 bits per heavy atom. The van der Waals surface area contributed by atoms with Gasteiger partial charge in [0.15, 0.2) is 0 Å². The molecule has 1 aromatic carbocycles. The zero-order valence-electron chi connectivity index (χ0n) is 13.2. The van der Waals surface area contributed by atoms with Gasteiger partial charge >= 0.3 is 12.4 Å². The van der Waals surface area contributed by atoms with Crippen molar-refractivity contribution in [3.05, 3.63) is 34.9 Å². The average molecular weight is 384 g/mol. The molecule has 0 saturated carbocycles. The van der Waals surface area contributed by atoms with E-state index < -0.39 is 24.7 Å². The number of benzene rings is 1. The maximum Gasteiger partial charge on any atom is 0.452 e. The molecule has 0 spiro atoms. The van der Waals surface area contributed by atoms with Gasteiger partial charge in [-0.2, -0.15) is 26.3 Å². The van der Waals surface area contributed by atoms with Crippen LogP contribution in [-0.4, -0.2) is 33.6 Å². The minimum Gasteiger partial charge on any atom is -0.363 e. The fourth-order valence-electron chi connectivity index (χ4n) is 2.30. The molecule has 0 unspecified atom stereocenters. The minimum absolute atomic E-state index is 0.0669. The molecule has 0 aliphatic carbocycles. The number of alkyl halides is 6. The SMILES string of the molecule is CCN(CC(F)(F)F)c1ccc(-n2c(C(F)(F)F)nn(C)c2=S)cc1. The predicted octanol–water partition coefficient (Wildman–Crippen LogP) is 4.35. The fraction of sp³-hybridized carbons (Fsp3) is 0.429. The summed E-state index contributed by atoms with van der Waals surface area (Å²) in [7, 11) is 1.28. The van der Waals surface area contributed by atoms with E-state index in [-0.39, 0.29) is 22.7 Å². The van der Waals surface area contributed by atoms with Crippen molar-refractivity contribution < 1.29 is 26.3 Å². The van der Waals surface area contributed by atoms with Gasteiger partial charge in [-0.3, -0.25) is 4.57 Å². The molecule has 1 aromatic heterocycles. The normalized spacial score (nSPS) is 12.5. The van der Waals surface area contributed by atoms with Crippen molar-refractivity contribution in [2.75, 3.05) is 18.0 Å². The number of aryl methyl sites for hydroxylation is 1. The molecule has 4 nitrogen and oxygen atoms in total. The van der Waals surface area contributed by atoms with Crippen LogP contribution in [0.1, 0.15) is 12.7 Å². The standard InChI is InChI=1S/C14H14F6N4S/c1-3-23(8-13(15,16)17)9-4-6-10(7-5-9)24-11(14(18,19)20)21-22(2)12(24)25/h4-7H,3,8H2,1-2H3. The van der Waals surface area contributed by atoms with E-state index in [0.29, 0.717) is 0 Å². The first kappa shape index (κ1) is 19.3. The van der Waals surface area contributed by atoms with E-state index >= 15 is 0 Å². The Kier molecular flexibility index (Phi) is 5.17. The van der Waals surface area contributed by atoms with Gasteiger partial charge in [-0.1, -0.05) is 0 Å². The Morgan fingerprint density at radius 3 is 2.08 bits per heavy atom. The van der Waals surface area contributed by atoms with Crippen LogP contribution in [0.4, 0.5) is 32.0 Å². The first-order chi connectivity index (χ1) is 11.4. The lowest BCUT2D eigenvalue weighted by Gasteiger charge is -2.24. The van der Waals surface area contributed by atoms with Crippen molar-refractivity contribution in [3.63, 3.8) is 0 Å². The molecule has 1 heterocycles. The number of halogens is 6. The van der Waals surface area contributed by atoms with Gasteiger partial charge in [0, 0.05) is 19.3 Å². The Bertz CT molecular complexity index is 788. The first-order valence-corrected chi connectivity index (χ1v) is 7.50. The van der Waals surface area contributed by atoms with E-state index in [1.54, 1.807) is 6.92 Å². The summed E-state index contributed by atoms with van der Waals surface area (Å²) in [5, 5.41) is 3.37. The smallest absolute Gasteiger partial charge is 0.363 e. The molecule has 0 bridgehead atoms. The Hall–Kier alpha value is -2.04. The molecule has 0 amide bonds. The van der Waals surface area contributed by atoms with E-state index in [9.17, 15) is 26.3 Å². The van der Waals surface area contributed by atoms with Gasteiger partial charge in [-0.25, -0.2) is 4.68 Å². The summed E-state index contributed by atoms with van der Waals surface area (Å²) in [6.45, 7) is 0.501. The molecular weight excluding hydrogens is 370 g/mol. The van der Waals surface area contributed by atoms with Gasteiger partial charge in [0.05, 0.1) is 5.69 Å². The summed E-state index contributed by atoms with van der Waals surface area (Å²) in [6.07, 6.45) is -9.11. The second-order valence-electron chi connectivity index (χ2n) is 5.21. The highest BCUT2D eigenvalue weighted by Gasteiger charge is 2.38. The number of nitrogens with zero attached hydrogens (tertiary/aromatic N) is 4. The zero-order valence-corrected chi connectivity index (χ0v) is 14.0. The molecule has 2 rings (SSSR count). The molecule has 0 saturated heterocycles. The third-order valence-electron chi connectivity index (χ3n) is 3.40. The number of anilines is 1. The lowest BCUT2D eigenvalue weighted by molar-refractivity contribution is -0.146. The summed E-state index contributed by atoms with van der Waals surface area (Å²) < 4.78 is 78.5. The van der Waals surface area contributed by atoms with Crippen LogP contribution in [0, 0.1) is 4.77 Å². The number of hydrogen-bond acceptors (Lipinski definition) is 3. The van der Waals surface area contributed by atoms with Crippen molar-refractivity contribution in [2.24, 2.45) is 7.05 Å². The molecule has 0 radical (unpaired) electrons. The second kappa shape index (κ2) is 6.70. The number of aromatic nitrogens is 3. The van der Waals surface area contributed by atoms with Crippen LogP contribution < -0.4 is 4.90 Å². The Balaban J connectivity index is 2.43. The summed E-state index contributed by atoms with van der Waals surface area (Å²) in [6, 6.07) is 5.20. The third kappa shape index (κ3) is 4.33. The molecule has 0 aliphatic rings. The average Bonchev–Trinajstić information content (AvgIpc) is 2.80. The van der Waals surface area contributed by atoms with Crippen LogP contribution in [0.3, 0.4) is 0 Å². The number of rotatable bonds is 4. The van der Waals surface area contributed by atoms with Gasteiger partial charge in [0.2, 0.25) is 10.6 Å². The molecule has 138 valence electrons. The topological polar surface area (TPSA) is 26.0 Å². The highest BCUT2D eigenvalue weighted by Crippen LogP contribution is 2.31. The molecule has 0 atom stereocenters. The predicted molar refractivity (Wildman–Crippen MR) is 82.3 cm³/mol. The second-order valence-corrected chi connectivity index (χ2v) is 5.57. The van der Waals surface area contributed by atoms with Crippen molar-refractivity contribution in [1.29, 1.82) is 0 Å². The highest BCUT2D eigenvalue weighted by atomic mass is 32.1. The van der Waals surface area contributed by atoms with Crippen LogP contribution in [0.2, 0.25) is 0 Å². The van der Waals surface area contributed by atoms with E-state index in [1.165, 1.54) is 31.3 Å². The van der Waals surface area contributed by atoms with E-state index in [0.717, 1.165) is 14.1 Å². The zero-order chi connectivity index (χ0) is 19.0. The molecule has 0 N–H and O–H groups in total. The van der Waals surface area contributed by atoms with Gasteiger partial charge in [-0.15, -0.1) is 5.10 Å². The van der Waals surface area contributed by atoms with Crippen molar-refractivity contribution in [2.45, 2.75) is 19.3 Å². The molecular formula is C14H14F6N4S. The van der Waals surface area contributed by atoms with Crippen LogP contribution >= 0.6 is 12.2 Å². The Labute approximate surface area is 144 Å². The van der Waals surface area contributed by atoms with E-state index in [4.69, 9.17) is 12.2 Å². The van der Waals surface area contributed by atoms with Crippen LogP contribution in [0.5, 0.6) is 0 Å². The molecule has 11 heteroatoms. The maximum atomic E-state index is 13.1. The van der Waals surface area contributed by atoms with Crippen molar-refractivity contribution in [1.82, 2.24) is 14.3 Å². The van der Waals surface area contributed by atoms with Crippen LogP contribution in [-0.2, 0) is 13.2 Å². The van der Waals surface area contributed by atoms with Gasteiger partial charge in [-0.05, 0) is 43.4 Å². The largest absolute Gasteiger partial charge is 0.452 e. The summed E-state index contributed by atoms with van der Waals surface area (Å²) in [5.41, 5.74) is 0.310. The molecule has 25 heavy (non-hydrogen) atoms. The van der Waals surface area contributed by atoms with Crippen molar-refractivity contribution in [3.8, 4) is 5.69 Å². The monoisotopic (exact) mass is 384 g/mol. The summed E-state index contributed by atoms with van der Waals surface area (Å²) >= 11 is 4.95. The fourth-order valence-corrected chi connectivity index (χ4v) is 2.53.